The zero-order valence-electron chi connectivity index (χ0n) is 11.2. The topological polar surface area (TPSA) is 49.7 Å². The molecule has 1 fully saturated rings. The highest BCUT2D eigenvalue weighted by Gasteiger charge is 2.28. The van der Waals surface area contributed by atoms with Crippen LogP contribution in [0.4, 0.5) is 0 Å². The van der Waals surface area contributed by atoms with Crippen molar-refractivity contribution in [3.05, 3.63) is 0 Å². The van der Waals surface area contributed by atoms with Crippen LogP contribution in [0.25, 0.3) is 0 Å². The first-order chi connectivity index (χ1) is 8.80. The number of aliphatic hydroxyl groups is 2. The molecule has 2 N–H and O–H groups in total. The fourth-order valence-corrected chi connectivity index (χ4v) is 2.93. The van der Waals surface area contributed by atoms with Gasteiger partial charge in [-0.05, 0) is 43.9 Å². The lowest BCUT2D eigenvalue weighted by molar-refractivity contribution is -0.0249. The molecule has 0 aromatic carbocycles. The van der Waals surface area contributed by atoms with Crippen LogP contribution in [0.5, 0.6) is 0 Å². The van der Waals surface area contributed by atoms with E-state index in [0.29, 0.717) is 11.8 Å². The van der Waals surface area contributed by atoms with Gasteiger partial charge in [-0.25, -0.2) is 0 Å². The van der Waals surface area contributed by atoms with Crippen molar-refractivity contribution in [2.45, 2.75) is 51.0 Å². The smallest absolute Gasteiger partial charge is 0.0582 e. The van der Waals surface area contributed by atoms with Crippen LogP contribution in [0.3, 0.4) is 0 Å². The summed E-state index contributed by atoms with van der Waals surface area (Å²) in [5, 5.41) is 18.5. The highest BCUT2D eigenvalue weighted by molar-refractivity contribution is 6.17. The third kappa shape index (κ3) is 6.37. The minimum atomic E-state index is 0.214. The Morgan fingerprint density at radius 2 is 1.50 bits per heavy atom. The van der Waals surface area contributed by atoms with Crippen molar-refractivity contribution in [1.82, 2.24) is 0 Å². The third-order valence-corrected chi connectivity index (χ3v) is 4.02. The summed E-state index contributed by atoms with van der Waals surface area (Å²) in [5.74, 6) is 1.36. The van der Waals surface area contributed by atoms with Gasteiger partial charge in [-0.3, -0.25) is 0 Å². The van der Waals surface area contributed by atoms with E-state index < -0.39 is 0 Å². The molecule has 0 aromatic heterocycles. The molecule has 0 radical (unpaired) electrons. The Balaban J connectivity index is 2.12. The molecule has 1 saturated carbocycles. The standard InChI is InChI=1S/C14H27ClO3/c15-5-3-1-2-4-6-18-14-8-12(10-16)7-13(9-14)11-17/h12-14,16-17H,1-11H2. The van der Waals surface area contributed by atoms with Crippen LogP contribution < -0.4 is 0 Å². The Morgan fingerprint density at radius 1 is 0.889 bits per heavy atom. The molecule has 1 aliphatic rings. The SMILES string of the molecule is OCC1CC(CO)CC(OCCCCCCCl)C1. The fourth-order valence-electron chi connectivity index (χ4n) is 2.74. The number of hydrogen-bond acceptors (Lipinski definition) is 3. The van der Waals surface area contributed by atoms with E-state index in [0.717, 1.165) is 44.6 Å². The van der Waals surface area contributed by atoms with Crippen LogP contribution in [-0.4, -0.2) is 42.0 Å². The van der Waals surface area contributed by atoms with Gasteiger partial charge in [-0.2, -0.15) is 0 Å². The summed E-state index contributed by atoms with van der Waals surface area (Å²) in [5.41, 5.74) is 0. The number of hydrogen-bond donors (Lipinski definition) is 2. The third-order valence-electron chi connectivity index (χ3n) is 3.76. The molecular formula is C14H27ClO3. The van der Waals surface area contributed by atoms with Crippen molar-refractivity contribution in [2.75, 3.05) is 25.7 Å². The summed E-state index contributed by atoms with van der Waals surface area (Å²) in [4.78, 5) is 0. The maximum Gasteiger partial charge on any atom is 0.0582 e. The number of aliphatic hydroxyl groups excluding tert-OH is 2. The highest BCUT2D eigenvalue weighted by atomic mass is 35.5. The second-order valence-corrected chi connectivity index (χ2v) is 5.78. The zero-order chi connectivity index (χ0) is 13.2. The number of rotatable bonds is 9. The molecule has 1 aliphatic carbocycles. The molecule has 0 amide bonds. The van der Waals surface area contributed by atoms with Gasteiger partial charge in [0.25, 0.3) is 0 Å². The van der Waals surface area contributed by atoms with E-state index in [1.807, 2.05) is 0 Å². The van der Waals surface area contributed by atoms with Crippen LogP contribution in [0.1, 0.15) is 44.9 Å². The average molecular weight is 279 g/mol. The average Bonchev–Trinajstić information content (AvgIpc) is 2.42. The quantitative estimate of drug-likeness (QED) is 0.503. The summed E-state index contributed by atoms with van der Waals surface area (Å²) in [6, 6.07) is 0. The summed E-state index contributed by atoms with van der Waals surface area (Å²) in [6.45, 7) is 1.22. The van der Waals surface area contributed by atoms with Crippen LogP contribution >= 0.6 is 11.6 Å². The lowest BCUT2D eigenvalue weighted by atomic mass is 9.80. The first kappa shape index (κ1) is 16.2. The van der Waals surface area contributed by atoms with Gasteiger partial charge in [-0.1, -0.05) is 12.8 Å². The molecule has 2 atom stereocenters. The van der Waals surface area contributed by atoms with E-state index in [1.165, 1.54) is 12.8 Å². The minimum absolute atomic E-state index is 0.214. The Hall–Kier alpha value is 0.170. The largest absolute Gasteiger partial charge is 0.396 e. The molecular weight excluding hydrogens is 252 g/mol. The molecule has 0 bridgehead atoms. The van der Waals surface area contributed by atoms with Crippen molar-refractivity contribution < 1.29 is 14.9 Å². The molecule has 108 valence electrons. The van der Waals surface area contributed by atoms with Crippen molar-refractivity contribution >= 4 is 11.6 Å². The van der Waals surface area contributed by atoms with E-state index in [1.54, 1.807) is 0 Å². The molecule has 0 saturated heterocycles. The van der Waals surface area contributed by atoms with Crippen molar-refractivity contribution in [3.8, 4) is 0 Å². The molecule has 0 spiro atoms. The Labute approximate surface area is 115 Å². The van der Waals surface area contributed by atoms with Crippen molar-refractivity contribution in [2.24, 2.45) is 11.8 Å². The molecule has 2 unspecified atom stereocenters. The lowest BCUT2D eigenvalue weighted by Gasteiger charge is -2.33. The normalized spacial score (nSPS) is 28.5. The molecule has 0 aromatic rings. The summed E-state index contributed by atoms with van der Waals surface area (Å²) in [7, 11) is 0. The van der Waals surface area contributed by atoms with Gasteiger partial charge in [0.1, 0.15) is 0 Å². The predicted molar refractivity (Wildman–Crippen MR) is 73.9 cm³/mol. The maximum absolute atomic E-state index is 9.24. The number of halogens is 1. The summed E-state index contributed by atoms with van der Waals surface area (Å²) >= 11 is 5.62. The lowest BCUT2D eigenvalue weighted by Crippen LogP contribution is -2.32. The van der Waals surface area contributed by atoms with E-state index in [2.05, 4.69) is 0 Å². The summed E-state index contributed by atoms with van der Waals surface area (Å²) < 4.78 is 5.87. The van der Waals surface area contributed by atoms with Gasteiger partial charge >= 0.3 is 0 Å². The zero-order valence-corrected chi connectivity index (χ0v) is 11.9. The first-order valence-corrected chi connectivity index (χ1v) is 7.72. The van der Waals surface area contributed by atoms with Crippen LogP contribution in [0.15, 0.2) is 0 Å². The van der Waals surface area contributed by atoms with Gasteiger partial charge in [0, 0.05) is 25.7 Å². The number of unbranched alkanes of at least 4 members (excludes halogenated alkanes) is 3. The van der Waals surface area contributed by atoms with E-state index in [9.17, 15) is 10.2 Å². The van der Waals surface area contributed by atoms with Gasteiger partial charge < -0.3 is 14.9 Å². The van der Waals surface area contributed by atoms with Crippen LogP contribution in [0.2, 0.25) is 0 Å². The van der Waals surface area contributed by atoms with Crippen molar-refractivity contribution in [3.63, 3.8) is 0 Å². The fraction of sp³-hybridized carbons (Fsp3) is 1.00. The van der Waals surface area contributed by atoms with Gasteiger partial charge in [0.15, 0.2) is 0 Å². The first-order valence-electron chi connectivity index (χ1n) is 7.19. The van der Waals surface area contributed by atoms with E-state index in [4.69, 9.17) is 16.3 Å². The minimum Gasteiger partial charge on any atom is -0.396 e. The molecule has 18 heavy (non-hydrogen) atoms. The molecule has 4 heteroatoms. The Kier molecular flexibility index (Phi) is 9.03. The molecule has 3 nitrogen and oxygen atoms in total. The summed E-state index contributed by atoms with van der Waals surface area (Å²) in [6.07, 6.45) is 7.56. The second kappa shape index (κ2) is 10.0. The Morgan fingerprint density at radius 3 is 2.06 bits per heavy atom. The van der Waals surface area contributed by atoms with Gasteiger partial charge in [-0.15, -0.1) is 11.6 Å². The van der Waals surface area contributed by atoms with Gasteiger partial charge in [0.05, 0.1) is 6.10 Å². The predicted octanol–water partition coefficient (Wildman–Crippen LogP) is 2.57. The second-order valence-electron chi connectivity index (χ2n) is 5.40. The molecule has 0 heterocycles. The molecule has 1 rings (SSSR count). The van der Waals surface area contributed by atoms with E-state index >= 15 is 0 Å². The monoisotopic (exact) mass is 278 g/mol. The van der Waals surface area contributed by atoms with Gasteiger partial charge in [0.2, 0.25) is 0 Å². The van der Waals surface area contributed by atoms with Crippen molar-refractivity contribution in [1.29, 1.82) is 0 Å². The number of alkyl halides is 1. The molecule has 0 aliphatic heterocycles. The highest BCUT2D eigenvalue weighted by Crippen LogP contribution is 2.30. The van der Waals surface area contributed by atoms with Crippen LogP contribution in [0, 0.1) is 11.8 Å². The van der Waals surface area contributed by atoms with Crippen LogP contribution in [-0.2, 0) is 4.74 Å². The Bertz CT molecular complexity index is 189. The maximum atomic E-state index is 9.24. The van der Waals surface area contributed by atoms with E-state index in [-0.39, 0.29) is 19.3 Å². The number of ether oxygens (including phenoxy) is 1.